The number of hydrogen-bond donors (Lipinski definition) is 2. The zero-order valence-electron chi connectivity index (χ0n) is 16.5. The van der Waals surface area contributed by atoms with Gasteiger partial charge in [0.1, 0.15) is 11.8 Å². The second-order valence-corrected chi connectivity index (χ2v) is 8.60. The third-order valence-electron chi connectivity index (χ3n) is 4.18. The lowest BCUT2D eigenvalue weighted by atomic mass is 10.0. The molecule has 2 aromatic rings. The molecule has 0 radical (unpaired) electrons. The fourth-order valence-corrected chi connectivity index (χ4v) is 4.38. The average Bonchev–Trinajstić information content (AvgIpc) is 2.70. The molecule has 160 valence electrons. The van der Waals surface area contributed by atoms with Crippen LogP contribution in [-0.4, -0.2) is 42.0 Å². The summed E-state index contributed by atoms with van der Waals surface area (Å²) in [6.07, 6.45) is 3.36. The molecule has 0 saturated heterocycles. The Morgan fingerprint density at radius 3 is 2.38 bits per heavy atom. The predicted molar refractivity (Wildman–Crippen MR) is 110 cm³/mol. The van der Waals surface area contributed by atoms with Gasteiger partial charge in [-0.3, -0.25) is 15.0 Å². The number of pyridine rings is 1. The molecule has 2 N–H and O–H groups in total. The van der Waals surface area contributed by atoms with E-state index in [-0.39, 0.29) is 36.2 Å². The van der Waals surface area contributed by atoms with Gasteiger partial charge < -0.3 is 4.74 Å². The first-order valence-electron chi connectivity index (χ1n) is 8.78. The van der Waals surface area contributed by atoms with Crippen LogP contribution < -0.4 is 10.2 Å². The normalized spacial score (nSPS) is 12.3. The second kappa shape index (κ2) is 11.1. The largest absolute Gasteiger partial charge is 0.497 e. The predicted octanol–water partition coefficient (Wildman–Crippen LogP) is 2.62. The fraction of sp³-hybridized carbons (Fsp3) is 0.368. The summed E-state index contributed by atoms with van der Waals surface area (Å²) in [4.78, 5) is 16.4. The topological polar surface area (TPSA) is 109 Å². The van der Waals surface area contributed by atoms with Crippen molar-refractivity contribution in [3.05, 3.63) is 54.4 Å². The average molecular weight is 444 g/mol. The van der Waals surface area contributed by atoms with E-state index >= 15 is 0 Å². The number of halogens is 1. The molecular formula is C19H26ClN3O5S. The lowest BCUT2D eigenvalue weighted by Gasteiger charge is -2.30. The Hall–Kier alpha value is -2.20. The van der Waals surface area contributed by atoms with Crippen molar-refractivity contribution in [1.82, 2.24) is 14.8 Å². The van der Waals surface area contributed by atoms with Gasteiger partial charge in [-0.25, -0.2) is 13.9 Å². The zero-order chi connectivity index (χ0) is 20.7. The van der Waals surface area contributed by atoms with Crippen molar-refractivity contribution in [2.24, 2.45) is 5.92 Å². The van der Waals surface area contributed by atoms with Crippen molar-refractivity contribution in [3.8, 4) is 5.75 Å². The summed E-state index contributed by atoms with van der Waals surface area (Å²) >= 11 is 0. The molecule has 0 aliphatic heterocycles. The fourth-order valence-electron chi connectivity index (χ4n) is 2.79. The number of carbonyl (C=O) groups excluding carboxylic acids is 1. The van der Waals surface area contributed by atoms with E-state index in [9.17, 15) is 18.4 Å². The number of benzene rings is 1. The molecular weight excluding hydrogens is 418 g/mol. The van der Waals surface area contributed by atoms with Crippen LogP contribution in [0.25, 0.3) is 0 Å². The molecule has 1 aromatic heterocycles. The van der Waals surface area contributed by atoms with Gasteiger partial charge in [-0.1, -0.05) is 19.9 Å². The molecule has 1 unspecified atom stereocenters. The maximum atomic E-state index is 13.4. The molecule has 0 spiro atoms. The smallest absolute Gasteiger partial charge is 0.261 e. The minimum atomic E-state index is -4.05. The highest BCUT2D eigenvalue weighted by Crippen LogP contribution is 2.26. The summed E-state index contributed by atoms with van der Waals surface area (Å²) in [6, 6.07) is 8.26. The van der Waals surface area contributed by atoms with Gasteiger partial charge in [0, 0.05) is 18.9 Å². The number of nitrogens with zero attached hydrogens (tertiary/aromatic N) is 2. The molecule has 0 aliphatic carbocycles. The Morgan fingerprint density at radius 1 is 1.24 bits per heavy atom. The molecule has 1 amide bonds. The van der Waals surface area contributed by atoms with Crippen molar-refractivity contribution in [3.63, 3.8) is 0 Å². The summed E-state index contributed by atoms with van der Waals surface area (Å²) in [5.41, 5.74) is 2.22. The van der Waals surface area contributed by atoms with Crippen LogP contribution in [0.5, 0.6) is 5.75 Å². The number of methoxy groups -OCH3 is 1. The maximum Gasteiger partial charge on any atom is 0.261 e. The first-order chi connectivity index (χ1) is 13.3. The summed E-state index contributed by atoms with van der Waals surface area (Å²) < 4.78 is 32.9. The van der Waals surface area contributed by atoms with Crippen LogP contribution in [0, 0.1) is 5.92 Å². The van der Waals surface area contributed by atoms with Gasteiger partial charge in [0.25, 0.3) is 5.91 Å². The first-order valence-corrected chi connectivity index (χ1v) is 10.2. The minimum Gasteiger partial charge on any atom is -0.497 e. The van der Waals surface area contributed by atoms with Crippen LogP contribution in [0.4, 0.5) is 0 Å². The van der Waals surface area contributed by atoms with E-state index in [0.717, 1.165) is 4.31 Å². The summed E-state index contributed by atoms with van der Waals surface area (Å²) in [5, 5.41) is 9.19. The number of amides is 1. The first kappa shape index (κ1) is 24.8. The van der Waals surface area contributed by atoms with E-state index in [2.05, 4.69) is 4.98 Å². The summed E-state index contributed by atoms with van der Waals surface area (Å²) in [6.45, 7) is 3.69. The van der Waals surface area contributed by atoms with Crippen molar-refractivity contribution in [2.45, 2.75) is 37.8 Å². The van der Waals surface area contributed by atoms with Crippen molar-refractivity contribution in [1.29, 1.82) is 0 Å². The van der Waals surface area contributed by atoms with E-state index in [1.165, 1.54) is 19.2 Å². The van der Waals surface area contributed by atoms with E-state index < -0.39 is 22.0 Å². The van der Waals surface area contributed by atoms with Crippen molar-refractivity contribution in [2.75, 3.05) is 7.11 Å². The standard InChI is InChI=1S/C19H25N3O5S.ClH/c1-14(2)11-18(19(23)21-24)22(13-15-5-4-10-20-12-15)28(25,26)17-8-6-16(27-3)7-9-17;/h4-10,12,14,18,24H,11,13H2,1-3H3,(H,21,23);1H. The molecule has 29 heavy (non-hydrogen) atoms. The maximum absolute atomic E-state index is 13.4. The summed E-state index contributed by atoms with van der Waals surface area (Å²) in [5.74, 6) is -0.246. The molecule has 0 fully saturated rings. The van der Waals surface area contributed by atoms with Crippen LogP contribution in [0.3, 0.4) is 0 Å². The number of ether oxygens (including phenoxy) is 1. The lowest BCUT2D eigenvalue weighted by Crippen LogP contribution is -2.49. The van der Waals surface area contributed by atoms with Crippen LogP contribution in [0.1, 0.15) is 25.8 Å². The molecule has 0 aliphatic rings. The molecule has 1 heterocycles. The van der Waals surface area contributed by atoms with E-state index in [1.54, 1.807) is 42.1 Å². The minimum absolute atomic E-state index is 0. The van der Waals surface area contributed by atoms with Gasteiger partial charge in [0.2, 0.25) is 10.0 Å². The van der Waals surface area contributed by atoms with E-state index in [1.807, 2.05) is 13.8 Å². The monoisotopic (exact) mass is 443 g/mol. The third-order valence-corrected chi connectivity index (χ3v) is 6.05. The molecule has 10 heteroatoms. The Labute approximate surface area is 177 Å². The quantitative estimate of drug-likeness (QED) is 0.455. The molecule has 0 bridgehead atoms. The van der Waals surface area contributed by atoms with Gasteiger partial charge in [-0.15, -0.1) is 12.4 Å². The van der Waals surface area contributed by atoms with E-state index in [4.69, 9.17) is 4.74 Å². The van der Waals surface area contributed by atoms with Crippen molar-refractivity contribution < 1.29 is 23.2 Å². The van der Waals surface area contributed by atoms with Crippen LogP contribution in [0.2, 0.25) is 0 Å². The Balaban J connectivity index is 0.00000420. The SMILES string of the molecule is COc1ccc(S(=O)(=O)N(Cc2cccnc2)C(CC(C)C)C(=O)NO)cc1.Cl. The van der Waals surface area contributed by atoms with Crippen LogP contribution >= 0.6 is 12.4 Å². The van der Waals surface area contributed by atoms with Crippen molar-refractivity contribution >= 4 is 28.3 Å². The number of rotatable bonds is 9. The van der Waals surface area contributed by atoms with Gasteiger partial charge in [-0.05, 0) is 48.2 Å². The highest BCUT2D eigenvalue weighted by Gasteiger charge is 2.36. The lowest BCUT2D eigenvalue weighted by molar-refractivity contribution is -0.133. The summed E-state index contributed by atoms with van der Waals surface area (Å²) in [7, 11) is -2.56. The van der Waals surface area contributed by atoms with Crippen LogP contribution in [0.15, 0.2) is 53.7 Å². The van der Waals surface area contributed by atoms with E-state index in [0.29, 0.717) is 11.3 Å². The number of hydroxylamine groups is 1. The second-order valence-electron chi connectivity index (χ2n) is 6.71. The Kier molecular flexibility index (Phi) is 9.51. The highest BCUT2D eigenvalue weighted by atomic mass is 35.5. The third kappa shape index (κ3) is 6.40. The highest BCUT2D eigenvalue weighted by molar-refractivity contribution is 7.89. The number of hydrogen-bond acceptors (Lipinski definition) is 6. The number of nitrogens with one attached hydrogen (secondary N) is 1. The number of carbonyl (C=O) groups is 1. The molecule has 1 atom stereocenters. The zero-order valence-corrected chi connectivity index (χ0v) is 18.1. The van der Waals surface area contributed by atoms with Gasteiger partial charge >= 0.3 is 0 Å². The molecule has 1 aromatic carbocycles. The van der Waals surface area contributed by atoms with Gasteiger partial charge in [-0.2, -0.15) is 4.31 Å². The van der Waals surface area contributed by atoms with Crippen LogP contribution in [-0.2, 0) is 21.4 Å². The van der Waals surface area contributed by atoms with Gasteiger partial charge in [0.05, 0.1) is 12.0 Å². The molecule has 8 nitrogen and oxygen atoms in total. The van der Waals surface area contributed by atoms with Gasteiger partial charge in [0.15, 0.2) is 0 Å². The Bertz CT molecular complexity index is 876. The molecule has 2 rings (SSSR count). The number of sulfonamides is 1. The molecule has 0 saturated carbocycles. The Morgan fingerprint density at radius 2 is 1.90 bits per heavy atom. The number of aromatic nitrogens is 1.